The lowest BCUT2D eigenvalue weighted by Crippen LogP contribution is -2.47. The first-order chi connectivity index (χ1) is 17.2. The van der Waals surface area contributed by atoms with Gasteiger partial charge in [0.2, 0.25) is 5.91 Å². The van der Waals surface area contributed by atoms with Crippen LogP contribution in [-0.4, -0.2) is 41.0 Å². The molecule has 1 unspecified atom stereocenters. The summed E-state index contributed by atoms with van der Waals surface area (Å²) in [4.78, 5) is 31.7. The van der Waals surface area contributed by atoms with E-state index in [2.05, 4.69) is 10.6 Å². The third kappa shape index (κ3) is 3.82. The number of amides is 2. The molecule has 7 heteroatoms. The van der Waals surface area contributed by atoms with Gasteiger partial charge in [0.1, 0.15) is 18.3 Å². The molecule has 1 aliphatic carbocycles. The second-order valence-electron chi connectivity index (χ2n) is 8.87. The summed E-state index contributed by atoms with van der Waals surface area (Å²) in [5.74, 6) is 0.604. The van der Waals surface area contributed by atoms with E-state index in [1.54, 1.807) is 12.0 Å². The van der Waals surface area contributed by atoms with Crippen LogP contribution < -0.4 is 9.64 Å². The maximum Gasteiger partial charge on any atom is 0.264 e. The van der Waals surface area contributed by atoms with E-state index < -0.39 is 0 Å². The van der Waals surface area contributed by atoms with E-state index in [1.165, 1.54) is 11.3 Å². The van der Waals surface area contributed by atoms with Crippen LogP contribution in [0, 0.1) is 0 Å². The number of ether oxygens (including phenoxy) is 1. The van der Waals surface area contributed by atoms with E-state index in [9.17, 15) is 9.59 Å². The predicted molar refractivity (Wildman–Crippen MR) is 136 cm³/mol. The Morgan fingerprint density at radius 3 is 2.43 bits per heavy atom. The second kappa shape index (κ2) is 8.74. The number of methoxy groups -OCH3 is 1. The highest BCUT2D eigenvalue weighted by molar-refractivity contribution is 7.12. The topological polar surface area (TPSA) is 54.8 Å². The summed E-state index contributed by atoms with van der Waals surface area (Å²) in [7, 11) is 1.64. The van der Waals surface area contributed by atoms with Gasteiger partial charge >= 0.3 is 0 Å². The molecule has 176 valence electrons. The lowest BCUT2D eigenvalue weighted by molar-refractivity contribution is -0.119. The summed E-state index contributed by atoms with van der Waals surface area (Å²) in [6.07, 6.45) is 3.90. The minimum atomic E-state index is -0.323. The van der Waals surface area contributed by atoms with Crippen LogP contribution in [0.25, 0.3) is 5.69 Å². The average Bonchev–Trinajstić information content (AvgIpc) is 3.36. The van der Waals surface area contributed by atoms with Crippen molar-refractivity contribution in [3.63, 3.8) is 0 Å². The molecular weight excluding hydrogens is 458 g/mol. The van der Waals surface area contributed by atoms with Crippen LogP contribution in [0.3, 0.4) is 0 Å². The maximum atomic E-state index is 14.1. The number of benzene rings is 2. The van der Waals surface area contributed by atoms with Gasteiger partial charge in [-0.3, -0.25) is 14.5 Å². The Balaban J connectivity index is 1.42. The van der Waals surface area contributed by atoms with Gasteiger partial charge in [-0.25, -0.2) is 0 Å². The van der Waals surface area contributed by atoms with Gasteiger partial charge in [-0.2, -0.15) is 0 Å². The van der Waals surface area contributed by atoms with Gasteiger partial charge in [-0.15, -0.1) is 11.3 Å². The van der Waals surface area contributed by atoms with Gasteiger partial charge in [0.25, 0.3) is 5.91 Å². The lowest BCUT2D eigenvalue weighted by atomic mass is 9.97. The largest absolute Gasteiger partial charge is 0.497 e. The standard InChI is InChI=1S/C28H25N3O3S/c1-34-21-14-10-19(11-15-21)27-24-8-4-16-29(24)22-6-2-3-7-23(22)31(27)26(32)18-30(20-12-13-20)28(33)25-9-5-17-35-25/h2-11,14-17,20,27H,12-13,18H2,1H3. The zero-order valence-corrected chi connectivity index (χ0v) is 20.2. The lowest BCUT2D eigenvalue weighted by Gasteiger charge is -2.39. The van der Waals surface area contributed by atoms with Crippen molar-refractivity contribution < 1.29 is 14.3 Å². The van der Waals surface area contributed by atoms with Gasteiger partial charge in [0, 0.05) is 12.2 Å². The summed E-state index contributed by atoms with van der Waals surface area (Å²) >= 11 is 1.42. The number of anilines is 1. The molecule has 2 aromatic heterocycles. The molecule has 3 heterocycles. The van der Waals surface area contributed by atoms with Crippen LogP contribution in [0.15, 0.2) is 84.4 Å². The molecule has 2 aromatic carbocycles. The Bertz CT molecular complexity index is 1370. The minimum absolute atomic E-state index is 0.0447. The number of hydrogen-bond acceptors (Lipinski definition) is 4. The molecule has 35 heavy (non-hydrogen) atoms. The quantitative estimate of drug-likeness (QED) is 0.375. The molecule has 6 nitrogen and oxygen atoms in total. The van der Waals surface area contributed by atoms with E-state index in [0.717, 1.165) is 41.2 Å². The highest BCUT2D eigenvalue weighted by Crippen LogP contribution is 2.43. The van der Waals surface area contributed by atoms with E-state index in [-0.39, 0.29) is 30.4 Å². The normalized spacial score (nSPS) is 16.4. The molecule has 6 rings (SSSR count). The number of thiophene rings is 1. The SMILES string of the molecule is COc1ccc(C2c3cccn3-c3ccccc3N2C(=O)CN(C(=O)c2cccs2)C2CC2)cc1. The zero-order chi connectivity index (χ0) is 23.9. The number of carbonyl (C=O) groups is 2. The van der Waals surface area contributed by atoms with Crippen LogP contribution in [-0.2, 0) is 4.79 Å². The van der Waals surface area contributed by atoms with Crippen molar-refractivity contribution in [1.82, 2.24) is 9.47 Å². The van der Waals surface area contributed by atoms with Crippen molar-refractivity contribution >= 4 is 28.8 Å². The van der Waals surface area contributed by atoms with Crippen LogP contribution in [0.1, 0.15) is 39.8 Å². The predicted octanol–water partition coefficient (Wildman–Crippen LogP) is 5.29. The van der Waals surface area contributed by atoms with E-state index in [0.29, 0.717) is 4.88 Å². The Kier molecular flexibility index (Phi) is 5.41. The molecule has 2 amide bonds. The number of aromatic nitrogens is 1. The highest BCUT2D eigenvalue weighted by Gasteiger charge is 2.40. The first kappa shape index (κ1) is 21.7. The van der Waals surface area contributed by atoms with Crippen molar-refractivity contribution in [3.8, 4) is 11.4 Å². The fourth-order valence-electron chi connectivity index (χ4n) is 4.88. The second-order valence-corrected chi connectivity index (χ2v) is 9.82. The number of carbonyl (C=O) groups excluding carboxylic acids is 2. The van der Waals surface area contributed by atoms with Crippen molar-refractivity contribution in [2.45, 2.75) is 24.9 Å². The molecule has 0 bridgehead atoms. The Morgan fingerprint density at radius 2 is 1.74 bits per heavy atom. The molecule has 1 fully saturated rings. The van der Waals surface area contributed by atoms with Crippen molar-refractivity contribution in [2.75, 3.05) is 18.6 Å². The van der Waals surface area contributed by atoms with E-state index >= 15 is 0 Å². The van der Waals surface area contributed by atoms with E-state index in [4.69, 9.17) is 4.74 Å². The summed E-state index contributed by atoms with van der Waals surface area (Å²) in [6, 6.07) is 23.4. The molecule has 0 N–H and O–H groups in total. The fraction of sp³-hybridized carbons (Fsp3) is 0.214. The molecular formula is C28H25N3O3S. The highest BCUT2D eigenvalue weighted by atomic mass is 32.1. The summed E-state index contributed by atoms with van der Waals surface area (Å²) in [5.41, 5.74) is 3.77. The Labute approximate surface area is 208 Å². The van der Waals surface area contributed by atoms with Crippen molar-refractivity contribution in [3.05, 3.63) is 101 Å². The molecule has 1 aliphatic heterocycles. The zero-order valence-electron chi connectivity index (χ0n) is 19.3. The van der Waals surface area contributed by atoms with Gasteiger partial charge < -0.3 is 14.2 Å². The third-order valence-corrected chi connectivity index (χ3v) is 7.56. The summed E-state index contributed by atoms with van der Waals surface area (Å²) < 4.78 is 7.50. The monoisotopic (exact) mass is 483 g/mol. The minimum Gasteiger partial charge on any atom is -0.497 e. The number of fused-ring (bicyclic) bond motifs is 3. The smallest absolute Gasteiger partial charge is 0.264 e. The van der Waals surface area contributed by atoms with Crippen LogP contribution >= 0.6 is 11.3 Å². The molecule has 1 atom stereocenters. The van der Waals surface area contributed by atoms with Gasteiger partial charge in [-0.05, 0) is 66.2 Å². The van der Waals surface area contributed by atoms with Crippen LogP contribution in [0.4, 0.5) is 5.69 Å². The molecule has 0 radical (unpaired) electrons. The van der Waals surface area contributed by atoms with Crippen LogP contribution in [0.5, 0.6) is 5.75 Å². The first-order valence-electron chi connectivity index (χ1n) is 11.7. The number of para-hydroxylation sites is 2. The molecule has 4 aromatic rings. The van der Waals surface area contributed by atoms with Crippen LogP contribution in [0.2, 0.25) is 0 Å². The van der Waals surface area contributed by atoms with Crippen molar-refractivity contribution in [2.24, 2.45) is 0 Å². The maximum absolute atomic E-state index is 14.1. The average molecular weight is 484 g/mol. The number of rotatable bonds is 6. The summed E-state index contributed by atoms with van der Waals surface area (Å²) in [5, 5.41) is 1.90. The third-order valence-electron chi connectivity index (χ3n) is 6.71. The Hall–Kier alpha value is -3.84. The molecule has 0 spiro atoms. The van der Waals surface area contributed by atoms with E-state index in [1.807, 2.05) is 83.2 Å². The summed E-state index contributed by atoms with van der Waals surface area (Å²) in [6.45, 7) is 0.0447. The fourth-order valence-corrected chi connectivity index (χ4v) is 5.56. The number of hydrogen-bond donors (Lipinski definition) is 0. The first-order valence-corrected chi connectivity index (χ1v) is 12.6. The molecule has 0 saturated heterocycles. The van der Waals surface area contributed by atoms with Crippen molar-refractivity contribution in [1.29, 1.82) is 0 Å². The van der Waals surface area contributed by atoms with Gasteiger partial charge in [0.15, 0.2) is 0 Å². The van der Waals surface area contributed by atoms with Gasteiger partial charge in [0.05, 0.1) is 29.1 Å². The number of nitrogens with zero attached hydrogens (tertiary/aromatic N) is 3. The molecule has 2 aliphatic rings. The van der Waals surface area contributed by atoms with Gasteiger partial charge in [-0.1, -0.05) is 30.3 Å². The molecule has 1 saturated carbocycles. The Morgan fingerprint density at radius 1 is 0.971 bits per heavy atom.